The van der Waals surface area contributed by atoms with E-state index in [9.17, 15) is 4.79 Å². The molecule has 0 fully saturated rings. The maximum atomic E-state index is 11.0. The molecule has 2 aromatic heterocycles. The molecule has 2 heterocycles. The summed E-state index contributed by atoms with van der Waals surface area (Å²) in [4.78, 5) is 28.0. The predicted octanol–water partition coefficient (Wildman–Crippen LogP) is 2.00. The molecule has 0 bridgehead atoms. The van der Waals surface area contributed by atoms with E-state index >= 15 is 0 Å². The van der Waals surface area contributed by atoms with Crippen molar-refractivity contribution in [2.45, 2.75) is 23.5 Å². The van der Waals surface area contributed by atoms with E-state index in [1.165, 1.54) is 24.4 Å². The molecular formula is C12H12N4OS. The first-order chi connectivity index (χ1) is 8.62. The summed E-state index contributed by atoms with van der Waals surface area (Å²) in [6, 6.07) is 0. The minimum atomic E-state index is -0.519. The normalized spacial score (nSPS) is 11.2. The van der Waals surface area contributed by atoms with Crippen molar-refractivity contribution in [3.63, 3.8) is 0 Å². The number of aromatic nitrogens is 4. The average Bonchev–Trinajstić information content (AvgIpc) is 2.40. The Morgan fingerprint density at radius 1 is 1.11 bits per heavy atom. The molecule has 0 saturated carbocycles. The standard InChI is InChI=1S/C12H12N4OS/c1-12(2,6-17)18-10-5-15-8-16-11(10)9-3-13-7-14-4-9/h3-8H,1-2H3. The third-order valence-electron chi connectivity index (χ3n) is 2.17. The first-order valence-electron chi connectivity index (χ1n) is 5.33. The molecule has 0 aromatic carbocycles. The van der Waals surface area contributed by atoms with E-state index in [-0.39, 0.29) is 0 Å². The smallest absolute Gasteiger partial charge is 0.135 e. The third-order valence-corrected chi connectivity index (χ3v) is 3.31. The lowest BCUT2D eigenvalue weighted by atomic mass is 10.2. The fraction of sp³-hybridized carbons (Fsp3) is 0.250. The van der Waals surface area contributed by atoms with Crippen molar-refractivity contribution < 1.29 is 4.79 Å². The van der Waals surface area contributed by atoms with Crippen LogP contribution in [0.3, 0.4) is 0 Å². The summed E-state index contributed by atoms with van der Waals surface area (Å²) in [5, 5.41) is 0. The molecule has 0 spiro atoms. The van der Waals surface area contributed by atoms with Gasteiger partial charge in [-0.15, -0.1) is 11.8 Å². The fourth-order valence-corrected chi connectivity index (χ4v) is 2.33. The summed E-state index contributed by atoms with van der Waals surface area (Å²) in [5.41, 5.74) is 1.55. The van der Waals surface area contributed by atoms with Crippen molar-refractivity contribution in [3.8, 4) is 11.3 Å². The Balaban J connectivity index is 2.41. The van der Waals surface area contributed by atoms with Gasteiger partial charge in [-0.1, -0.05) is 0 Å². The van der Waals surface area contributed by atoms with Crippen LogP contribution in [0.5, 0.6) is 0 Å². The molecule has 2 aromatic rings. The lowest BCUT2D eigenvalue weighted by molar-refractivity contribution is -0.109. The van der Waals surface area contributed by atoms with Crippen molar-refractivity contribution in [2.75, 3.05) is 0 Å². The fourth-order valence-electron chi connectivity index (χ4n) is 1.34. The summed E-state index contributed by atoms with van der Waals surface area (Å²) in [7, 11) is 0. The molecule has 0 aliphatic rings. The highest BCUT2D eigenvalue weighted by molar-refractivity contribution is 8.01. The molecule has 0 N–H and O–H groups in total. The second-order valence-electron chi connectivity index (χ2n) is 4.19. The Morgan fingerprint density at radius 2 is 1.78 bits per heavy atom. The van der Waals surface area contributed by atoms with Gasteiger partial charge < -0.3 is 4.79 Å². The van der Waals surface area contributed by atoms with Gasteiger partial charge in [-0.3, -0.25) is 0 Å². The van der Waals surface area contributed by atoms with Crippen LogP contribution in [-0.4, -0.2) is 31.0 Å². The number of nitrogens with zero attached hydrogens (tertiary/aromatic N) is 4. The van der Waals surface area contributed by atoms with Gasteiger partial charge in [0.1, 0.15) is 18.9 Å². The van der Waals surface area contributed by atoms with Crippen LogP contribution in [0, 0.1) is 0 Å². The molecule has 0 radical (unpaired) electrons. The van der Waals surface area contributed by atoms with Crippen molar-refractivity contribution in [2.24, 2.45) is 0 Å². The lowest BCUT2D eigenvalue weighted by Gasteiger charge is -2.17. The van der Waals surface area contributed by atoms with Crippen LogP contribution in [0.2, 0.25) is 0 Å². The van der Waals surface area contributed by atoms with E-state index < -0.39 is 4.75 Å². The number of rotatable bonds is 4. The molecule has 0 atom stereocenters. The first-order valence-corrected chi connectivity index (χ1v) is 6.15. The maximum Gasteiger partial charge on any atom is 0.135 e. The second kappa shape index (κ2) is 5.22. The molecule has 6 heteroatoms. The molecule has 0 aliphatic heterocycles. The Labute approximate surface area is 109 Å². The van der Waals surface area contributed by atoms with Crippen molar-refractivity contribution >= 4 is 18.0 Å². The zero-order valence-electron chi connectivity index (χ0n) is 10.1. The highest BCUT2D eigenvalue weighted by Gasteiger charge is 2.21. The summed E-state index contributed by atoms with van der Waals surface area (Å²) < 4.78 is -0.519. The maximum absolute atomic E-state index is 11.0. The molecule has 5 nitrogen and oxygen atoms in total. The van der Waals surface area contributed by atoms with Gasteiger partial charge in [0.2, 0.25) is 0 Å². The van der Waals surface area contributed by atoms with Gasteiger partial charge in [-0.2, -0.15) is 0 Å². The number of carbonyl (C=O) groups excluding carboxylic acids is 1. The van der Waals surface area contributed by atoms with E-state index in [0.717, 1.165) is 22.4 Å². The molecule has 0 amide bonds. The van der Waals surface area contributed by atoms with E-state index in [1.807, 2.05) is 13.8 Å². The molecule has 0 aliphatic carbocycles. The van der Waals surface area contributed by atoms with E-state index in [1.54, 1.807) is 18.6 Å². The summed E-state index contributed by atoms with van der Waals surface area (Å²) in [6.07, 6.45) is 8.93. The quantitative estimate of drug-likeness (QED) is 0.618. The van der Waals surface area contributed by atoms with Gasteiger partial charge >= 0.3 is 0 Å². The largest absolute Gasteiger partial charge is 0.302 e. The third kappa shape index (κ3) is 2.89. The predicted molar refractivity (Wildman–Crippen MR) is 69.1 cm³/mol. The van der Waals surface area contributed by atoms with Crippen molar-refractivity contribution in [1.82, 2.24) is 19.9 Å². The van der Waals surface area contributed by atoms with Crippen LogP contribution in [0.1, 0.15) is 13.8 Å². The van der Waals surface area contributed by atoms with E-state index in [4.69, 9.17) is 0 Å². The number of aldehydes is 1. The molecular weight excluding hydrogens is 248 g/mol. The number of carbonyl (C=O) groups is 1. The summed E-state index contributed by atoms with van der Waals surface area (Å²) in [6.45, 7) is 3.70. The Morgan fingerprint density at radius 3 is 2.44 bits per heavy atom. The van der Waals surface area contributed by atoms with E-state index in [0.29, 0.717) is 0 Å². The lowest BCUT2D eigenvalue weighted by Crippen LogP contribution is -2.16. The molecule has 0 saturated heterocycles. The molecule has 2 rings (SSSR count). The zero-order valence-corrected chi connectivity index (χ0v) is 10.9. The number of hydrogen-bond acceptors (Lipinski definition) is 6. The van der Waals surface area contributed by atoms with Crippen LogP contribution in [0.4, 0.5) is 0 Å². The minimum Gasteiger partial charge on any atom is -0.302 e. The van der Waals surface area contributed by atoms with Gasteiger partial charge in [-0.05, 0) is 13.8 Å². The van der Waals surface area contributed by atoms with Gasteiger partial charge in [-0.25, -0.2) is 19.9 Å². The van der Waals surface area contributed by atoms with Crippen LogP contribution in [0.15, 0.2) is 36.1 Å². The van der Waals surface area contributed by atoms with Gasteiger partial charge in [0.05, 0.1) is 15.3 Å². The van der Waals surface area contributed by atoms with Crippen LogP contribution < -0.4 is 0 Å². The summed E-state index contributed by atoms with van der Waals surface area (Å²) in [5.74, 6) is 0. The average molecular weight is 260 g/mol. The molecule has 0 unspecified atom stereocenters. The molecule has 18 heavy (non-hydrogen) atoms. The van der Waals surface area contributed by atoms with Gasteiger partial charge in [0, 0.05) is 24.2 Å². The first kappa shape index (κ1) is 12.6. The Kier molecular flexibility index (Phi) is 3.66. The van der Waals surface area contributed by atoms with Crippen LogP contribution in [0.25, 0.3) is 11.3 Å². The second-order valence-corrected chi connectivity index (χ2v) is 5.88. The van der Waals surface area contributed by atoms with Gasteiger partial charge in [0.15, 0.2) is 0 Å². The number of thioether (sulfide) groups is 1. The minimum absolute atomic E-state index is 0.519. The Bertz CT molecular complexity index is 545. The van der Waals surface area contributed by atoms with Crippen molar-refractivity contribution in [1.29, 1.82) is 0 Å². The van der Waals surface area contributed by atoms with E-state index in [2.05, 4.69) is 19.9 Å². The van der Waals surface area contributed by atoms with Gasteiger partial charge in [0.25, 0.3) is 0 Å². The zero-order chi connectivity index (χ0) is 13.0. The SMILES string of the molecule is CC(C)(C=O)Sc1cncnc1-c1cncnc1. The topological polar surface area (TPSA) is 68.6 Å². The van der Waals surface area contributed by atoms with Crippen molar-refractivity contribution in [3.05, 3.63) is 31.2 Å². The summed E-state index contributed by atoms with van der Waals surface area (Å²) >= 11 is 1.42. The number of hydrogen-bond donors (Lipinski definition) is 0. The van der Waals surface area contributed by atoms with Crippen LogP contribution in [-0.2, 0) is 4.79 Å². The molecule has 92 valence electrons. The highest BCUT2D eigenvalue weighted by atomic mass is 32.2. The van der Waals surface area contributed by atoms with Crippen LogP contribution >= 0.6 is 11.8 Å². The highest BCUT2D eigenvalue weighted by Crippen LogP contribution is 2.35. The Hall–Kier alpha value is -1.82. The monoisotopic (exact) mass is 260 g/mol.